The molecule has 1 aromatic carbocycles. The fraction of sp³-hybridized carbons (Fsp3) is 0.632. The Hall–Kier alpha value is -1.46. The first-order valence-corrected chi connectivity index (χ1v) is 9.58. The first-order valence-electron chi connectivity index (χ1n) is 9.58. The van der Waals surface area contributed by atoms with Crippen LogP contribution in [0.2, 0.25) is 0 Å². The highest BCUT2D eigenvalue weighted by atomic mass is 127. The van der Waals surface area contributed by atoms with Crippen LogP contribution >= 0.6 is 24.0 Å². The molecule has 28 heavy (non-hydrogen) atoms. The van der Waals surface area contributed by atoms with Gasteiger partial charge in [-0.3, -0.25) is 15.1 Å². The number of piperidine rings is 1. The van der Waals surface area contributed by atoms with E-state index in [0.717, 1.165) is 56.9 Å². The Kier molecular flexibility index (Phi) is 9.39. The van der Waals surface area contributed by atoms with E-state index in [1.54, 1.807) is 19.2 Å². The Morgan fingerprint density at radius 1 is 1.39 bits per heavy atom. The molecule has 9 heteroatoms. The van der Waals surface area contributed by atoms with Crippen LogP contribution < -0.4 is 5.32 Å². The molecule has 1 aromatic rings. The Morgan fingerprint density at radius 2 is 2.18 bits per heavy atom. The van der Waals surface area contributed by atoms with Gasteiger partial charge < -0.3 is 19.7 Å². The van der Waals surface area contributed by atoms with E-state index in [-0.39, 0.29) is 46.8 Å². The number of nitrogens with zero attached hydrogens (tertiary/aromatic N) is 3. The number of benzene rings is 1. The number of halogens is 1. The highest BCUT2D eigenvalue weighted by molar-refractivity contribution is 14.0. The molecular weight excluding hydrogens is 475 g/mol. The summed E-state index contributed by atoms with van der Waals surface area (Å²) in [6, 6.07) is 6.67. The van der Waals surface area contributed by atoms with Crippen LogP contribution in [0.3, 0.4) is 0 Å². The van der Waals surface area contributed by atoms with E-state index in [1.165, 1.54) is 6.07 Å². The zero-order valence-electron chi connectivity index (χ0n) is 16.2. The number of non-ortho nitro benzene ring substituents is 1. The highest BCUT2D eigenvalue weighted by Gasteiger charge is 2.24. The Bertz CT molecular complexity index is 659. The standard InChI is InChI=1S/C19H28N4O4.HI/c1-20-19(21-13-15-4-2-5-16(12-15)23(24)25)22-9-7-17(8-10-22)27-14-18-6-3-11-26-18;/h2,4-5,12,17-18H,3,6-11,13-14H2,1H3,(H,20,21);1H. The maximum Gasteiger partial charge on any atom is 0.269 e. The topological polar surface area (TPSA) is 89.2 Å². The van der Waals surface area contributed by atoms with Crippen LogP contribution in [0.4, 0.5) is 5.69 Å². The summed E-state index contributed by atoms with van der Waals surface area (Å²) in [6.07, 6.45) is 4.72. The summed E-state index contributed by atoms with van der Waals surface area (Å²) in [7, 11) is 1.76. The van der Waals surface area contributed by atoms with Gasteiger partial charge in [0, 0.05) is 45.4 Å². The van der Waals surface area contributed by atoms with Crippen molar-refractivity contribution < 1.29 is 14.4 Å². The molecule has 156 valence electrons. The van der Waals surface area contributed by atoms with Crippen LogP contribution in [-0.4, -0.2) is 61.3 Å². The molecule has 1 atom stereocenters. The SMILES string of the molecule is CN=C(NCc1cccc([N+](=O)[O-])c1)N1CCC(OCC2CCCO2)CC1.I. The number of likely N-dealkylation sites (tertiary alicyclic amines) is 1. The van der Waals surface area contributed by atoms with Gasteiger partial charge in [-0.15, -0.1) is 24.0 Å². The van der Waals surface area contributed by atoms with Crippen molar-refractivity contribution in [2.75, 3.05) is 33.4 Å². The van der Waals surface area contributed by atoms with Crippen molar-refractivity contribution in [1.82, 2.24) is 10.2 Å². The van der Waals surface area contributed by atoms with Gasteiger partial charge in [-0.1, -0.05) is 12.1 Å². The summed E-state index contributed by atoms with van der Waals surface area (Å²) < 4.78 is 11.6. The number of nitro groups is 1. The second kappa shape index (κ2) is 11.5. The Labute approximate surface area is 182 Å². The van der Waals surface area contributed by atoms with Crippen molar-refractivity contribution >= 4 is 35.6 Å². The fourth-order valence-electron chi connectivity index (χ4n) is 3.55. The number of hydrogen-bond donors (Lipinski definition) is 1. The molecule has 8 nitrogen and oxygen atoms in total. The smallest absolute Gasteiger partial charge is 0.269 e. The molecular formula is C19H29IN4O4. The Balaban J connectivity index is 0.00000280. The lowest BCUT2D eigenvalue weighted by Gasteiger charge is -2.34. The molecule has 0 amide bonds. The lowest BCUT2D eigenvalue weighted by molar-refractivity contribution is -0.384. The van der Waals surface area contributed by atoms with Crippen molar-refractivity contribution in [3.63, 3.8) is 0 Å². The van der Waals surface area contributed by atoms with Gasteiger partial charge in [0.2, 0.25) is 0 Å². The van der Waals surface area contributed by atoms with E-state index in [1.807, 2.05) is 6.07 Å². The maximum absolute atomic E-state index is 10.9. The molecule has 3 rings (SSSR count). The summed E-state index contributed by atoms with van der Waals surface area (Å²) in [5.41, 5.74) is 0.966. The van der Waals surface area contributed by atoms with Crippen molar-refractivity contribution in [3.05, 3.63) is 39.9 Å². The molecule has 0 aromatic heterocycles. The minimum Gasteiger partial charge on any atom is -0.376 e. The monoisotopic (exact) mass is 504 g/mol. The molecule has 2 aliphatic rings. The third-order valence-corrected chi connectivity index (χ3v) is 5.07. The van der Waals surface area contributed by atoms with Gasteiger partial charge in [-0.2, -0.15) is 0 Å². The van der Waals surface area contributed by atoms with Crippen LogP contribution in [0.1, 0.15) is 31.2 Å². The third-order valence-electron chi connectivity index (χ3n) is 5.07. The summed E-state index contributed by atoms with van der Waals surface area (Å²) >= 11 is 0. The van der Waals surface area contributed by atoms with Gasteiger partial charge in [0.25, 0.3) is 5.69 Å². The number of rotatable bonds is 6. The molecule has 1 unspecified atom stereocenters. The van der Waals surface area contributed by atoms with Gasteiger partial charge in [-0.05, 0) is 31.2 Å². The molecule has 0 aliphatic carbocycles. The van der Waals surface area contributed by atoms with Crippen molar-refractivity contribution in [2.24, 2.45) is 4.99 Å². The summed E-state index contributed by atoms with van der Waals surface area (Å²) in [6.45, 7) is 3.82. The number of ether oxygens (including phenoxy) is 2. The molecule has 1 N–H and O–H groups in total. The average molecular weight is 504 g/mol. The van der Waals surface area contributed by atoms with Gasteiger partial charge in [0.1, 0.15) is 0 Å². The Morgan fingerprint density at radius 3 is 2.82 bits per heavy atom. The van der Waals surface area contributed by atoms with Crippen LogP contribution in [0, 0.1) is 10.1 Å². The van der Waals surface area contributed by atoms with Crippen LogP contribution in [0.5, 0.6) is 0 Å². The lowest BCUT2D eigenvalue weighted by Crippen LogP contribution is -2.47. The van der Waals surface area contributed by atoms with Crippen LogP contribution in [-0.2, 0) is 16.0 Å². The van der Waals surface area contributed by atoms with E-state index in [9.17, 15) is 10.1 Å². The molecule has 0 bridgehead atoms. The van der Waals surface area contributed by atoms with Gasteiger partial charge in [-0.25, -0.2) is 0 Å². The quantitative estimate of drug-likeness (QED) is 0.211. The predicted molar refractivity (Wildman–Crippen MR) is 118 cm³/mol. The minimum absolute atomic E-state index is 0. The zero-order chi connectivity index (χ0) is 19.1. The van der Waals surface area contributed by atoms with Crippen molar-refractivity contribution in [2.45, 2.75) is 44.4 Å². The van der Waals surface area contributed by atoms with E-state index in [0.29, 0.717) is 13.2 Å². The number of guanidine groups is 1. The largest absolute Gasteiger partial charge is 0.376 e. The number of hydrogen-bond acceptors (Lipinski definition) is 5. The predicted octanol–water partition coefficient (Wildman–Crippen LogP) is 2.95. The normalized spacial score (nSPS) is 20.7. The van der Waals surface area contributed by atoms with Gasteiger partial charge in [0.15, 0.2) is 5.96 Å². The third kappa shape index (κ3) is 6.56. The minimum atomic E-state index is -0.375. The number of aliphatic imine (C=N–C) groups is 1. The van der Waals surface area contributed by atoms with Gasteiger partial charge >= 0.3 is 0 Å². The van der Waals surface area contributed by atoms with E-state index in [2.05, 4.69) is 15.2 Å². The first-order chi connectivity index (χ1) is 13.2. The second-order valence-corrected chi connectivity index (χ2v) is 6.98. The molecule has 2 heterocycles. The van der Waals surface area contributed by atoms with Crippen molar-refractivity contribution in [3.8, 4) is 0 Å². The second-order valence-electron chi connectivity index (χ2n) is 6.98. The van der Waals surface area contributed by atoms with Crippen molar-refractivity contribution in [1.29, 1.82) is 0 Å². The van der Waals surface area contributed by atoms with E-state index < -0.39 is 0 Å². The zero-order valence-corrected chi connectivity index (χ0v) is 18.5. The summed E-state index contributed by atoms with van der Waals surface area (Å²) in [5.74, 6) is 0.819. The number of nitro benzene ring substituents is 1. The summed E-state index contributed by atoms with van der Waals surface area (Å²) in [4.78, 5) is 17.1. The fourth-order valence-corrected chi connectivity index (χ4v) is 3.55. The van der Waals surface area contributed by atoms with E-state index >= 15 is 0 Å². The van der Waals surface area contributed by atoms with E-state index in [4.69, 9.17) is 9.47 Å². The average Bonchev–Trinajstić information content (AvgIpc) is 3.21. The molecule has 0 radical (unpaired) electrons. The number of nitrogens with one attached hydrogen (secondary N) is 1. The summed E-state index contributed by atoms with van der Waals surface area (Å²) in [5, 5.41) is 14.2. The maximum atomic E-state index is 10.9. The molecule has 2 fully saturated rings. The molecule has 0 spiro atoms. The van der Waals surface area contributed by atoms with Crippen LogP contribution in [0.25, 0.3) is 0 Å². The van der Waals surface area contributed by atoms with Crippen LogP contribution in [0.15, 0.2) is 29.3 Å². The molecule has 0 saturated carbocycles. The van der Waals surface area contributed by atoms with Gasteiger partial charge in [0.05, 0.1) is 23.7 Å². The molecule has 2 aliphatic heterocycles. The first kappa shape index (κ1) is 22.8. The molecule has 2 saturated heterocycles. The lowest BCUT2D eigenvalue weighted by atomic mass is 10.1. The highest BCUT2D eigenvalue weighted by Crippen LogP contribution is 2.18.